The lowest BCUT2D eigenvalue weighted by Gasteiger charge is -2.11. The van der Waals surface area contributed by atoms with Crippen LogP contribution in [0.1, 0.15) is 5.69 Å². The molecule has 0 aliphatic rings. The maximum atomic E-state index is 11.7. The highest BCUT2D eigenvalue weighted by atomic mass is 32.2. The SMILES string of the molecule is NS(=O)(=O)c1cc([N+](=O)[O-])ccc1NCc1ccnc2ccnn12. The third-order valence-corrected chi connectivity index (χ3v) is 4.26. The molecule has 0 saturated heterocycles. The number of nitrogens with two attached hydrogens (primary N) is 1. The predicted molar refractivity (Wildman–Crippen MR) is 84.8 cm³/mol. The molecule has 3 rings (SSSR count). The molecule has 1 aromatic carbocycles. The van der Waals surface area contributed by atoms with E-state index in [9.17, 15) is 18.5 Å². The molecule has 10 nitrogen and oxygen atoms in total. The number of nitrogens with zero attached hydrogens (tertiary/aromatic N) is 4. The van der Waals surface area contributed by atoms with E-state index in [1.54, 1.807) is 29.0 Å². The van der Waals surface area contributed by atoms with E-state index < -0.39 is 14.9 Å². The minimum Gasteiger partial charge on any atom is -0.378 e. The van der Waals surface area contributed by atoms with Crippen molar-refractivity contribution >= 4 is 27.0 Å². The van der Waals surface area contributed by atoms with E-state index in [-0.39, 0.29) is 22.8 Å². The summed E-state index contributed by atoms with van der Waals surface area (Å²) in [6.07, 6.45) is 3.19. The Morgan fingerprint density at radius 3 is 2.75 bits per heavy atom. The van der Waals surface area contributed by atoms with Crippen LogP contribution in [0, 0.1) is 10.1 Å². The first-order chi connectivity index (χ1) is 11.4. The molecular formula is C13H12N6O4S. The largest absolute Gasteiger partial charge is 0.378 e. The van der Waals surface area contributed by atoms with Crippen LogP contribution >= 0.6 is 0 Å². The average molecular weight is 348 g/mol. The Bertz CT molecular complexity index is 1030. The summed E-state index contributed by atoms with van der Waals surface area (Å²) in [6.45, 7) is 0.223. The lowest BCUT2D eigenvalue weighted by molar-refractivity contribution is -0.385. The van der Waals surface area contributed by atoms with Crippen LogP contribution in [-0.4, -0.2) is 27.9 Å². The standard InChI is InChI=1S/C13H12N6O4S/c14-24(22,23)12-7-9(19(20)21)1-2-11(12)16-8-10-3-5-15-13-4-6-17-18(10)13/h1-7,16H,8H2,(H2,14,22,23). The van der Waals surface area contributed by atoms with Crippen LogP contribution < -0.4 is 10.5 Å². The fraction of sp³-hybridized carbons (Fsp3) is 0.0769. The molecular weight excluding hydrogens is 336 g/mol. The number of nitro groups is 1. The van der Waals surface area contributed by atoms with Crippen LogP contribution in [0.15, 0.2) is 47.6 Å². The highest BCUT2D eigenvalue weighted by Crippen LogP contribution is 2.26. The average Bonchev–Trinajstić information content (AvgIpc) is 3.00. The maximum absolute atomic E-state index is 11.7. The number of nitrogens with one attached hydrogen (secondary N) is 1. The van der Waals surface area contributed by atoms with Crippen molar-refractivity contribution in [2.75, 3.05) is 5.32 Å². The van der Waals surface area contributed by atoms with Gasteiger partial charge in [0.05, 0.1) is 29.0 Å². The molecule has 0 aliphatic carbocycles. The molecule has 124 valence electrons. The van der Waals surface area contributed by atoms with Crippen molar-refractivity contribution in [3.8, 4) is 0 Å². The van der Waals surface area contributed by atoms with E-state index in [1.165, 1.54) is 12.1 Å². The van der Waals surface area contributed by atoms with Gasteiger partial charge in [-0.3, -0.25) is 10.1 Å². The Kier molecular flexibility index (Phi) is 3.87. The molecule has 0 spiro atoms. The smallest absolute Gasteiger partial charge is 0.270 e. The second-order valence-electron chi connectivity index (χ2n) is 4.87. The molecule has 2 heterocycles. The first kappa shape index (κ1) is 15.8. The van der Waals surface area contributed by atoms with Crippen molar-refractivity contribution in [3.63, 3.8) is 0 Å². The van der Waals surface area contributed by atoms with E-state index in [0.717, 1.165) is 11.8 Å². The minimum absolute atomic E-state index is 0.167. The summed E-state index contributed by atoms with van der Waals surface area (Å²) in [4.78, 5) is 13.9. The first-order valence-electron chi connectivity index (χ1n) is 6.69. The van der Waals surface area contributed by atoms with Crippen LogP contribution in [0.5, 0.6) is 0 Å². The topological polar surface area (TPSA) is 146 Å². The molecule has 0 bridgehead atoms. The minimum atomic E-state index is -4.13. The van der Waals surface area contributed by atoms with E-state index in [2.05, 4.69) is 15.4 Å². The van der Waals surface area contributed by atoms with Gasteiger partial charge in [0.15, 0.2) is 5.65 Å². The molecule has 11 heteroatoms. The Morgan fingerprint density at radius 1 is 1.25 bits per heavy atom. The predicted octanol–water partition coefficient (Wildman–Crippen LogP) is 0.897. The molecule has 0 fully saturated rings. The first-order valence-corrected chi connectivity index (χ1v) is 8.23. The molecule has 0 unspecified atom stereocenters. The molecule has 3 aromatic rings. The summed E-state index contributed by atoms with van der Waals surface area (Å²) >= 11 is 0. The Morgan fingerprint density at radius 2 is 2.04 bits per heavy atom. The quantitative estimate of drug-likeness (QED) is 0.514. The second kappa shape index (κ2) is 5.86. The van der Waals surface area contributed by atoms with Gasteiger partial charge in [0, 0.05) is 24.4 Å². The lowest BCUT2D eigenvalue weighted by atomic mass is 10.2. The Balaban J connectivity index is 1.95. The summed E-state index contributed by atoms with van der Waals surface area (Å²) < 4.78 is 25.0. The van der Waals surface area contributed by atoms with Crippen LogP contribution in [0.25, 0.3) is 5.65 Å². The van der Waals surface area contributed by atoms with Crippen molar-refractivity contribution in [1.82, 2.24) is 14.6 Å². The van der Waals surface area contributed by atoms with Gasteiger partial charge in [-0.1, -0.05) is 0 Å². The van der Waals surface area contributed by atoms with Gasteiger partial charge in [-0.25, -0.2) is 23.1 Å². The molecule has 0 aliphatic heterocycles. The van der Waals surface area contributed by atoms with Gasteiger partial charge in [-0.2, -0.15) is 5.10 Å². The van der Waals surface area contributed by atoms with Crippen LogP contribution in [-0.2, 0) is 16.6 Å². The van der Waals surface area contributed by atoms with Crippen molar-refractivity contribution in [2.45, 2.75) is 11.4 Å². The molecule has 24 heavy (non-hydrogen) atoms. The number of hydrogen-bond donors (Lipinski definition) is 2. The number of primary sulfonamides is 1. The van der Waals surface area contributed by atoms with E-state index in [4.69, 9.17) is 5.14 Å². The van der Waals surface area contributed by atoms with Gasteiger partial charge in [-0.05, 0) is 12.1 Å². The molecule has 0 radical (unpaired) electrons. The van der Waals surface area contributed by atoms with E-state index in [0.29, 0.717) is 5.65 Å². The third kappa shape index (κ3) is 3.02. The van der Waals surface area contributed by atoms with Crippen molar-refractivity contribution in [1.29, 1.82) is 0 Å². The third-order valence-electron chi connectivity index (χ3n) is 3.31. The molecule has 0 saturated carbocycles. The van der Waals surface area contributed by atoms with Crippen molar-refractivity contribution in [3.05, 3.63) is 58.5 Å². The number of sulfonamides is 1. The van der Waals surface area contributed by atoms with Gasteiger partial charge in [0.25, 0.3) is 5.69 Å². The number of fused-ring (bicyclic) bond motifs is 1. The van der Waals surface area contributed by atoms with E-state index >= 15 is 0 Å². The second-order valence-corrected chi connectivity index (χ2v) is 6.40. The number of aromatic nitrogens is 3. The number of non-ortho nitro benzene ring substituents is 1. The van der Waals surface area contributed by atoms with Crippen molar-refractivity contribution in [2.24, 2.45) is 5.14 Å². The maximum Gasteiger partial charge on any atom is 0.270 e. The number of anilines is 1. The van der Waals surface area contributed by atoms with Gasteiger partial charge in [0.2, 0.25) is 10.0 Å². The summed E-state index contributed by atoms with van der Waals surface area (Å²) in [7, 11) is -4.13. The monoisotopic (exact) mass is 348 g/mol. The van der Waals surface area contributed by atoms with Crippen LogP contribution in [0.4, 0.5) is 11.4 Å². The number of hydrogen-bond acceptors (Lipinski definition) is 7. The molecule has 2 aromatic heterocycles. The fourth-order valence-corrected chi connectivity index (χ4v) is 2.94. The zero-order chi connectivity index (χ0) is 17.3. The Labute approximate surface area is 136 Å². The highest BCUT2D eigenvalue weighted by molar-refractivity contribution is 7.89. The molecule has 3 N–H and O–H groups in total. The van der Waals surface area contributed by atoms with Crippen molar-refractivity contribution < 1.29 is 13.3 Å². The zero-order valence-corrected chi connectivity index (χ0v) is 13.0. The summed E-state index contributed by atoms with van der Waals surface area (Å²) in [5.74, 6) is 0. The van der Waals surface area contributed by atoms with Gasteiger partial charge in [0.1, 0.15) is 4.90 Å². The number of rotatable bonds is 5. The summed E-state index contributed by atoms with van der Waals surface area (Å²) in [5.41, 5.74) is 1.18. The number of nitro benzene ring substituents is 1. The Hall–Kier alpha value is -3.05. The highest BCUT2D eigenvalue weighted by Gasteiger charge is 2.19. The normalized spacial score (nSPS) is 11.5. The summed E-state index contributed by atoms with van der Waals surface area (Å²) in [5, 5.41) is 23.0. The van der Waals surface area contributed by atoms with Gasteiger partial charge < -0.3 is 5.32 Å². The zero-order valence-electron chi connectivity index (χ0n) is 12.2. The molecule has 0 atom stereocenters. The van der Waals surface area contributed by atoms with Gasteiger partial charge >= 0.3 is 0 Å². The fourth-order valence-electron chi connectivity index (χ4n) is 2.21. The van der Waals surface area contributed by atoms with Crippen LogP contribution in [0.3, 0.4) is 0 Å². The molecule has 0 amide bonds. The summed E-state index contributed by atoms with van der Waals surface area (Å²) in [6, 6.07) is 6.88. The van der Waals surface area contributed by atoms with Crippen LogP contribution in [0.2, 0.25) is 0 Å². The van der Waals surface area contributed by atoms with Gasteiger partial charge in [-0.15, -0.1) is 0 Å². The number of benzene rings is 1. The van der Waals surface area contributed by atoms with E-state index in [1.807, 2.05) is 0 Å². The lowest BCUT2D eigenvalue weighted by Crippen LogP contribution is -2.16.